The van der Waals surface area contributed by atoms with Gasteiger partial charge < -0.3 is 24.8 Å². The Kier molecular flexibility index (Phi) is 8.07. The molecular weight excluding hydrogens is 682 g/mol. The van der Waals surface area contributed by atoms with Crippen LogP contribution in [0.1, 0.15) is 0 Å². The number of halogens is 4. The Labute approximate surface area is 235 Å². The summed E-state index contributed by atoms with van der Waals surface area (Å²) in [5.41, 5.74) is 5.43. The zero-order chi connectivity index (χ0) is 18.1. The Morgan fingerprint density at radius 1 is 0.833 bits per heavy atom. The van der Waals surface area contributed by atoms with Crippen molar-refractivity contribution in [3.8, 4) is 22.3 Å². The summed E-state index contributed by atoms with van der Waals surface area (Å²) in [7, 11) is 0. The molecule has 30 heavy (non-hydrogen) atoms. The van der Waals surface area contributed by atoms with Crippen LogP contribution in [-0.2, 0) is 26.2 Å². The third-order valence-electron chi connectivity index (χ3n) is 4.97. The number of benzene rings is 2. The van der Waals surface area contributed by atoms with Crippen molar-refractivity contribution in [1.82, 2.24) is 0 Å². The SMILES string of the molecule is Brc1ccc2c3[cH-]sc(Sc4cc(Br)cc5cc6cs[cH-]c-6c45)c-3cc2c1.[Cl-].[Cl-].[Zr+4]. The fraction of sp³-hybridized carbons (Fsp3) is 0. The molecule has 0 aromatic heterocycles. The number of thiophene rings is 2. The van der Waals surface area contributed by atoms with E-state index in [1.165, 1.54) is 52.9 Å². The fourth-order valence-electron chi connectivity index (χ4n) is 3.80. The van der Waals surface area contributed by atoms with E-state index in [4.69, 9.17) is 0 Å². The summed E-state index contributed by atoms with van der Waals surface area (Å²) in [5.74, 6) is 0. The topological polar surface area (TPSA) is 0 Å². The normalized spacial score (nSPS) is 11.0. The van der Waals surface area contributed by atoms with Gasteiger partial charge in [-0.2, -0.15) is 0 Å². The molecule has 148 valence electrons. The van der Waals surface area contributed by atoms with Gasteiger partial charge in [0.25, 0.3) is 0 Å². The molecule has 0 saturated carbocycles. The van der Waals surface area contributed by atoms with Gasteiger partial charge in [0.05, 0.1) is 0 Å². The summed E-state index contributed by atoms with van der Waals surface area (Å²) in [6, 6.07) is 15.7. The molecule has 0 saturated heterocycles. The average molecular weight is 692 g/mol. The predicted octanol–water partition coefficient (Wildman–Crippen LogP) is 3.45. The molecule has 2 aliphatic carbocycles. The second-order valence-electron chi connectivity index (χ2n) is 6.58. The Morgan fingerprint density at radius 2 is 1.63 bits per heavy atom. The van der Waals surface area contributed by atoms with Crippen molar-refractivity contribution in [2.24, 2.45) is 0 Å². The van der Waals surface area contributed by atoms with Crippen LogP contribution in [0.3, 0.4) is 0 Å². The number of hydrogen-bond acceptors (Lipinski definition) is 3. The third kappa shape index (κ3) is 4.05. The largest absolute Gasteiger partial charge is 4.00 e. The molecule has 0 nitrogen and oxygen atoms in total. The smallest absolute Gasteiger partial charge is 1.00 e. The molecule has 0 spiro atoms. The molecular formula is C22H10Br2Cl2S3Zr. The van der Waals surface area contributed by atoms with E-state index in [-0.39, 0.29) is 51.0 Å². The molecule has 0 N–H and O–H groups in total. The van der Waals surface area contributed by atoms with Gasteiger partial charge in [0.15, 0.2) is 0 Å². The molecule has 0 fully saturated rings. The van der Waals surface area contributed by atoms with Gasteiger partial charge in [-0.15, -0.1) is 51.5 Å². The molecule has 2 heterocycles. The van der Waals surface area contributed by atoms with Crippen LogP contribution in [0.4, 0.5) is 0 Å². The Bertz CT molecular complexity index is 1390. The van der Waals surface area contributed by atoms with E-state index in [1.807, 2.05) is 23.1 Å². The van der Waals surface area contributed by atoms with Gasteiger partial charge in [-0.1, -0.05) is 88.4 Å². The predicted molar refractivity (Wildman–Crippen MR) is 128 cm³/mol. The molecule has 4 aliphatic rings. The molecule has 2 aliphatic heterocycles. The van der Waals surface area contributed by atoms with Gasteiger partial charge in [0.1, 0.15) is 0 Å². The minimum absolute atomic E-state index is 0. The van der Waals surface area contributed by atoms with E-state index >= 15 is 0 Å². The van der Waals surface area contributed by atoms with Crippen LogP contribution >= 0.6 is 66.3 Å². The van der Waals surface area contributed by atoms with Gasteiger partial charge in [-0.25, -0.2) is 11.3 Å². The van der Waals surface area contributed by atoms with E-state index in [0.29, 0.717) is 0 Å². The first-order chi connectivity index (χ1) is 13.2. The minimum atomic E-state index is 0. The summed E-state index contributed by atoms with van der Waals surface area (Å²) in [5, 5.41) is 12.1. The summed E-state index contributed by atoms with van der Waals surface area (Å²) < 4.78 is 3.63. The van der Waals surface area contributed by atoms with E-state index < -0.39 is 0 Å². The van der Waals surface area contributed by atoms with Crippen LogP contribution in [-0.4, -0.2) is 0 Å². The first-order valence-corrected chi connectivity index (χ1v) is 12.6. The van der Waals surface area contributed by atoms with E-state index in [2.05, 4.69) is 90.5 Å². The molecule has 8 heteroatoms. The maximum absolute atomic E-state index is 3.71. The standard InChI is InChI=1S/C22H10Br2S3.2ClH.Zr/c23-14-1-2-16-11(4-14)6-17-19(16)10-26-22(17)27-20-7-15(24)5-12-3-13-8-25-9-18(13)21(12)20;;;/h1-10H;2*1H;/q-2;;;+4/p-2. The first-order valence-electron chi connectivity index (χ1n) is 8.36. The van der Waals surface area contributed by atoms with Crippen molar-refractivity contribution >= 4 is 87.8 Å². The summed E-state index contributed by atoms with van der Waals surface area (Å²) in [6.45, 7) is 0. The summed E-state index contributed by atoms with van der Waals surface area (Å²) in [6.07, 6.45) is 0. The molecule has 0 atom stereocenters. The van der Waals surface area contributed by atoms with Gasteiger partial charge in [0, 0.05) is 8.95 Å². The van der Waals surface area contributed by atoms with Crippen molar-refractivity contribution in [1.29, 1.82) is 0 Å². The van der Waals surface area contributed by atoms with Crippen molar-refractivity contribution in [2.75, 3.05) is 0 Å². The fourth-order valence-corrected chi connectivity index (χ4v) is 7.98. The quantitative estimate of drug-likeness (QED) is 0.251. The monoisotopic (exact) mass is 688 g/mol. The van der Waals surface area contributed by atoms with Gasteiger partial charge in [-0.3, -0.25) is 11.3 Å². The molecule has 0 unspecified atom stereocenters. The molecule has 2 aromatic carbocycles. The Balaban J connectivity index is 0.000000853. The Hall–Kier alpha value is 0.353. The zero-order valence-electron chi connectivity index (χ0n) is 15.0. The number of rotatable bonds is 2. The van der Waals surface area contributed by atoms with Crippen molar-refractivity contribution < 1.29 is 51.0 Å². The average Bonchev–Trinajstić information content (AvgIpc) is 3.35. The van der Waals surface area contributed by atoms with Crippen LogP contribution in [0.2, 0.25) is 0 Å². The second kappa shape index (κ2) is 9.69. The van der Waals surface area contributed by atoms with Crippen LogP contribution in [0.5, 0.6) is 0 Å². The second-order valence-corrected chi connectivity index (χ2v) is 11.3. The Morgan fingerprint density at radius 3 is 2.47 bits per heavy atom. The summed E-state index contributed by atoms with van der Waals surface area (Å²) >= 11 is 12.8. The first kappa shape index (κ1) is 25.0. The molecule has 2 aromatic rings. The van der Waals surface area contributed by atoms with Crippen LogP contribution in [0, 0.1) is 0 Å². The third-order valence-corrected chi connectivity index (χ3v) is 8.96. The van der Waals surface area contributed by atoms with Crippen LogP contribution in [0.15, 0.2) is 76.7 Å². The van der Waals surface area contributed by atoms with E-state index in [9.17, 15) is 0 Å². The van der Waals surface area contributed by atoms with Crippen molar-refractivity contribution in [3.63, 3.8) is 0 Å². The molecule has 0 bridgehead atoms. The number of hydrogen-bond donors (Lipinski definition) is 0. The maximum Gasteiger partial charge on any atom is 4.00 e. The zero-order valence-corrected chi connectivity index (χ0v) is 24.6. The van der Waals surface area contributed by atoms with Gasteiger partial charge in [0.2, 0.25) is 0 Å². The van der Waals surface area contributed by atoms with Crippen LogP contribution < -0.4 is 24.8 Å². The molecule has 0 radical (unpaired) electrons. The maximum atomic E-state index is 3.71. The molecule has 0 amide bonds. The molecule has 6 rings (SSSR count). The van der Waals surface area contributed by atoms with Crippen LogP contribution in [0.25, 0.3) is 43.8 Å². The van der Waals surface area contributed by atoms with E-state index in [0.717, 1.165) is 8.95 Å². The summed E-state index contributed by atoms with van der Waals surface area (Å²) in [4.78, 5) is 1.32. The van der Waals surface area contributed by atoms with E-state index in [1.54, 1.807) is 11.3 Å². The minimum Gasteiger partial charge on any atom is -1.00 e. The van der Waals surface area contributed by atoms with Crippen molar-refractivity contribution in [2.45, 2.75) is 9.10 Å². The number of fused-ring (bicyclic) bond motifs is 6. The van der Waals surface area contributed by atoms with Crippen molar-refractivity contribution in [3.05, 3.63) is 67.6 Å². The van der Waals surface area contributed by atoms with Gasteiger partial charge in [-0.05, 0) is 15.2 Å². The van der Waals surface area contributed by atoms with Gasteiger partial charge >= 0.3 is 26.2 Å².